The molecule has 0 aromatic carbocycles. The first-order chi connectivity index (χ1) is 23.8. The van der Waals surface area contributed by atoms with Crippen LogP contribution in [0, 0.1) is 17.3 Å². The van der Waals surface area contributed by atoms with Crippen molar-refractivity contribution in [2.24, 2.45) is 17.3 Å². The minimum atomic E-state index is -1.04. The number of hydrogen-bond donors (Lipinski definition) is 5. The molecular weight excluding hydrogens is 640 g/mol. The highest BCUT2D eigenvalue weighted by atomic mass is 16.2. The third kappa shape index (κ3) is 9.42. The average Bonchev–Trinajstić information content (AvgIpc) is 4.03. The number of rotatable bonds is 13. The molecule has 50 heavy (non-hydrogen) atoms. The Morgan fingerprint density at radius 1 is 0.700 bits per heavy atom. The van der Waals surface area contributed by atoms with Crippen molar-refractivity contribution in [2.45, 2.75) is 173 Å². The first-order valence-corrected chi connectivity index (χ1v) is 19.2. The Morgan fingerprint density at radius 2 is 1.30 bits per heavy atom. The number of fused-ring (bicyclic) bond motifs is 1. The van der Waals surface area contributed by atoms with Crippen LogP contribution in [0.5, 0.6) is 0 Å². The van der Waals surface area contributed by atoms with Gasteiger partial charge in [0.05, 0.1) is 6.04 Å². The normalized spacial score (nSPS) is 25.7. The van der Waals surface area contributed by atoms with Crippen LogP contribution in [-0.4, -0.2) is 88.4 Å². The highest BCUT2D eigenvalue weighted by Gasteiger charge is 2.51. The minimum absolute atomic E-state index is 0.00552. The summed E-state index contributed by atoms with van der Waals surface area (Å²) in [5, 5.41) is 13.9. The van der Waals surface area contributed by atoms with Crippen molar-refractivity contribution in [1.29, 1.82) is 0 Å². The van der Waals surface area contributed by atoms with E-state index in [9.17, 15) is 33.6 Å². The molecule has 6 amide bonds. The van der Waals surface area contributed by atoms with Gasteiger partial charge in [-0.05, 0) is 81.5 Å². The van der Waals surface area contributed by atoms with Crippen molar-refractivity contribution < 1.29 is 33.6 Å². The topological polar surface area (TPSA) is 183 Å². The third-order valence-electron chi connectivity index (χ3n) is 11.2. The molecule has 5 N–H and O–H groups in total. The van der Waals surface area contributed by atoms with Gasteiger partial charge in [-0.2, -0.15) is 0 Å². The van der Waals surface area contributed by atoms with Crippen LogP contribution in [0.4, 0.5) is 0 Å². The Labute approximate surface area is 295 Å². The van der Waals surface area contributed by atoms with Gasteiger partial charge in [0.25, 0.3) is 5.91 Å². The standard InChI is InChI=1S/C37H58N6O7/c1-5-11-25(29(44)33(47)38-23-16-17-23)40-31(45)27-20-22-14-9-10-15-26(22)43(27)36(50)30(37(2,3)4)42-32(46)28(21-12-7-6-8-13-21)41-35(49)34(48)39-24-18-19-24/h21-28,30H,5-20H2,1-4H3,(H,38,47)(H,39,48)(H,40,45)(H,41,49)(H,42,46)/t22-,25-,26-,27?,28-,30+/m0/s1. The first-order valence-electron chi connectivity index (χ1n) is 19.2. The van der Waals surface area contributed by atoms with Crippen molar-refractivity contribution >= 4 is 41.2 Å². The maximum Gasteiger partial charge on any atom is 0.309 e. The van der Waals surface area contributed by atoms with E-state index in [0.717, 1.165) is 70.6 Å². The highest BCUT2D eigenvalue weighted by Crippen LogP contribution is 2.41. The van der Waals surface area contributed by atoms with Crippen molar-refractivity contribution in [3.05, 3.63) is 0 Å². The molecule has 278 valence electrons. The van der Waals surface area contributed by atoms with Gasteiger partial charge in [-0.1, -0.05) is 66.2 Å². The van der Waals surface area contributed by atoms with E-state index in [1.165, 1.54) is 0 Å². The predicted octanol–water partition coefficient (Wildman–Crippen LogP) is 2.15. The molecule has 6 atom stereocenters. The predicted molar refractivity (Wildman–Crippen MR) is 185 cm³/mol. The lowest BCUT2D eigenvalue weighted by Gasteiger charge is -2.40. The van der Waals surface area contributed by atoms with E-state index in [4.69, 9.17) is 0 Å². The molecule has 5 aliphatic rings. The molecule has 4 saturated carbocycles. The number of nitrogens with zero attached hydrogens (tertiary/aromatic N) is 1. The van der Waals surface area contributed by atoms with Crippen molar-refractivity contribution in [3.63, 3.8) is 0 Å². The monoisotopic (exact) mass is 698 g/mol. The van der Waals surface area contributed by atoms with E-state index in [2.05, 4.69) is 26.6 Å². The second-order valence-electron chi connectivity index (χ2n) is 16.5. The summed E-state index contributed by atoms with van der Waals surface area (Å²) in [6.45, 7) is 7.44. The Morgan fingerprint density at radius 3 is 1.90 bits per heavy atom. The number of ketones is 1. The number of hydrogen-bond acceptors (Lipinski definition) is 7. The molecular formula is C37H58N6O7. The van der Waals surface area contributed by atoms with Crippen LogP contribution in [0.25, 0.3) is 0 Å². The second-order valence-corrected chi connectivity index (χ2v) is 16.5. The molecule has 1 heterocycles. The summed E-state index contributed by atoms with van der Waals surface area (Å²) in [6.07, 6.45) is 12.4. The Hall–Kier alpha value is -3.51. The van der Waals surface area contributed by atoms with E-state index in [1.807, 2.05) is 27.7 Å². The van der Waals surface area contributed by atoms with Crippen LogP contribution in [0.3, 0.4) is 0 Å². The summed E-state index contributed by atoms with van der Waals surface area (Å²) in [4.78, 5) is 96.0. The lowest BCUT2D eigenvalue weighted by Crippen LogP contribution is -2.63. The van der Waals surface area contributed by atoms with Gasteiger partial charge >= 0.3 is 11.8 Å². The summed E-state index contributed by atoms with van der Waals surface area (Å²) in [5.41, 5.74) is -0.771. The maximum atomic E-state index is 14.8. The molecule has 4 aliphatic carbocycles. The van der Waals surface area contributed by atoms with Gasteiger partial charge in [0.1, 0.15) is 18.1 Å². The van der Waals surface area contributed by atoms with E-state index in [-0.39, 0.29) is 35.9 Å². The first kappa shape index (κ1) is 37.7. The third-order valence-corrected chi connectivity index (χ3v) is 11.2. The molecule has 13 heteroatoms. The van der Waals surface area contributed by atoms with Gasteiger partial charge in [0.15, 0.2) is 0 Å². The average molecular weight is 699 g/mol. The SMILES string of the molecule is CCC[C@H](NC(=O)C1C[C@@H]2CCCC[C@@H]2N1C(=O)[C@@H](NC(=O)[C@@H](NC(=O)C(=O)NC1CC1)C1CCCCC1)C(C)(C)C)C(=O)C(=O)NC1CC1. The Kier molecular flexibility index (Phi) is 12.2. The number of carbonyl (C=O) groups is 7. The van der Waals surface area contributed by atoms with Crippen LogP contribution in [0.1, 0.15) is 130 Å². The lowest BCUT2D eigenvalue weighted by molar-refractivity contribution is -0.148. The summed E-state index contributed by atoms with van der Waals surface area (Å²) in [6, 6.07) is -4.10. The summed E-state index contributed by atoms with van der Waals surface area (Å²) < 4.78 is 0. The fraction of sp³-hybridized carbons (Fsp3) is 0.811. The molecule has 0 aromatic rings. The Balaban J connectivity index is 1.36. The quantitative estimate of drug-likeness (QED) is 0.183. The van der Waals surface area contributed by atoms with Gasteiger partial charge in [-0.25, -0.2) is 0 Å². The van der Waals surface area contributed by atoms with Crippen LogP contribution >= 0.6 is 0 Å². The van der Waals surface area contributed by atoms with E-state index in [0.29, 0.717) is 32.1 Å². The zero-order valence-electron chi connectivity index (χ0n) is 30.3. The smallest absolute Gasteiger partial charge is 0.309 e. The molecule has 1 aliphatic heterocycles. The fourth-order valence-electron chi connectivity index (χ4n) is 8.06. The van der Waals surface area contributed by atoms with Gasteiger partial charge in [-0.3, -0.25) is 33.6 Å². The Bertz CT molecular complexity index is 1320. The van der Waals surface area contributed by atoms with Crippen molar-refractivity contribution in [3.8, 4) is 0 Å². The zero-order valence-corrected chi connectivity index (χ0v) is 30.3. The maximum absolute atomic E-state index is 14.8. The van der Waals surface area contributed by atoms with Gasteiger partial charge in [0, 0.05) is 18.1 Å². The number of carbonyl (C=O) groups excluding carboxylic acids is 7. The minimum Gasteiger partial charge on any atom is -0.347 e. The molecule has 0 radical (unpaired) electrons. The number of likely N-dealkylation sites (tertiary alicyclic amines) is 1. The summed E-state index contributed by atoms with van der Waals surface area (Å²) in [7, 11) is 0. The molecule has 13 nitrogen and oxygen atoms in total. The van der Waals surface area contributed by atoms with Crippen molar-refractivity contribution in [2.75, 3.05) is 0 Å². The van der Waals surface area contributed by atoms with Gasteiger partial charge in [0.2, 0.25) is 23.5 Å². The second kappa shape index (κ2) is 16.2. The van der Waals surface area contributed by atoms with Gasteiger partial charge in [-0.15, -0.1) is 0 Å². The summed E-state index contributed by atoms with van der Waals surface area (Å²) >= 11 is 0. The van der Waals surface area contributed by atoms with E-state index < -0.39 is 64.9 Å². The molecule has 5 rings (SSSR count). The van der Waals surface area contributed by atoms with E-state index >= 15 is 0 Å². The number of nitrogens with one attached hydrogen (secondary N) is 5. The van der Waals surface area contributed by atoms with Crippen LogP contribution in [-0.2, 0) is 33.6 Å². The summed E-state index contributed by atoms with van der Waals surface area (Å²) in [5.74, 6) is -4.45. The molecule has 5 fully saturated rings. The lowest BCUT2D eigenvalue weighted by atomic mass is 9.81. The molecule has 0 spiro atoms. The van der Waals surface area contributed by atoms with Crippen LogP contribution < -0.4 is 26.6 Å². The van der Waals surface area contributed by atoms with Crippen molar-refractivity contribution in [1.82, 2.24) is 31.5 Å². The number of amides is 6. The zero-order chi connectivity index (χ0) is 36.2. The highest BCUT2D eigenvalue weighted by molar-refractivity contribution is 6.38. The largest absolute Gasteiger partial charge is 0.347 e. The van der Waals surface area contributed by atoms with Crippen LogP contribution in [0.2, 0.25) is 0 Å². The molecule has 0 bridgehead atoms. The number of Topliss-reactive ketones (excluding diaryl/α,β-unsaturated/α-hetero) is 1. The molecule has 1 unspecified atom stereocenters. The molecule has 0 aromatic heterocycles. The van der Waals surface area contributed by atoms with Crippen LogP contribution in [0.15, 0.2) is 0 Å². The molecule has 1 saturated heterocycles. The van der Waals surface area contributed by atoms with E-state index in [1.54, 1.807) is 4.90 Å². The fourth-order valence-corrected chi connectivity index (χ4v) is 8.06. The van der Waals surface area contributed by atoms with Gasteiger partial charge < -0.3 is 31.5 Å².